The number of piperidine rings is 1. The summed E-state index contributed by atoms with van der Waals surface area (Å²) in [5.41, 5.74) is 1.65. The third-order valence-corrected chi connectivity index (χ3v) is 7.20. The topological polar surface area (TPSA) is 96.7 Å². The molecule has 1 atom stereocenters. The fourth-order valence-corrected chi connectivity index (χ4v) is 5.71. The highest BCUT2D eigenvalue weighted by Gasteiger charge is 2.35. The summed E-state index contributed by atoms with van der Waals surface area (Å²) in [6.07, 6.45) is 3.77. The molecule has 1 N–H and O–H groups in total. The van der Waals surface area contributed by atoms with Crippen molar-refractivity contribution in [2.75, 3.05) is 24.6 Å². The minimum absolute atomic E-state index is 0.0146. The summed E-state index contributed by atoms with van der Waals surface area (Å²) in [5, 5.41) is 7.18. The molecule has 0 saturated carbocycles. The highest BCUT2D eigenvalue weighted by molar-refractivity contribution is 7.91. The molecular formula is C17H23N5O3S. The molecule has 140 valence electrons. The van der Waals surface area contributed by atoms with Gasteiger partial charge in [0.1, 0.15) is 6.33 Å². The average molecular weight is 377 g/mol. The molecule has 2 saturated heterocycles. The van der Waals surface area contributed by atoms with E-state index in [-0.39, 0.29) is 23.6 Å². The van der Waals surface area contributed by atoms with Crippen molar-refractivity contribution in [1.82, 2.24) is 24.8 Å². The molecule has 26 heavy (non-hydrogen) atoms. The lowest BCUT2D eigenvalue weighted by molar-refractivity contribution is -0.126. The van der Waals surface area contributed by atoms with Crippen LogP contribution in [0.1, 0.15) is 25.0 Å². The van der Waals surface area contributed by atoms with Gasteiger partial charge in [-0.1, -0.05) is 6.07 Å². The predicted molar refractivity (Wildman–Crippen MR) is 96.2 cm³/mol. The Kier molecular flexibility index (Phi) is 4.66. The van der Waals surface area contributed by atoms with Crippen molar-refractivity contribution in [1.29, 1.82) is 0 Å². The van der Waals surface area contributed by atoms with Crippen LogP contribution in [0.5, 0.6) is 0 Å². The third-order valence-electron chi connectivity index (χ3n) is 5.45. The van der Waals surface area contributed by atoms with Crippen molar-refractivity contribution in [2.45, 2.75) is 31.8 Å². The molecular weight excluding hydrogens is 354 g/mol. The van der Waals surface area contributed by atoms with Gasteiger partial charge in [-0.2, -0.15) is 5.10 Å². The number of likely N-dealkylation sites (tertiary alicyclic amines) is 1. The number of sulfone groups is 1. The smallest absolute Gasteiger partial charge is 0.223 e. The summed E-state index contributed by atoms with van der Waals surface area (Å²) in [6, 6.07) is 5.83. The van der Waals surface area contributed by atoms with Crippen molar-refractivity contribution in [2.24, 2.45) is 5.92 Å². The number of hydrogen-bond acceptors (Lipinski definition) is 6. The Morgan fingerprint density at radius 3 is 2.77 bits per heavy atom. The molecule has 0 spiro atoms. The largest absolute Gasteiger partial charge is 0.350 e. The molecule has 0 radical (unpaired) electrons. The van der Waals surface area contributed by atoms with Gasteiger partial charge >= 0.3 is 0 Å². The third kappa shape index (κ3) is 3.59. The number of nitrogens with zero attached hydrogens (tertiary/aromatic N) is 4. The summed E-state index contributed by atoms with van der Waals surface area (Å²) in [6.45, 7) is 1.99. The molecule has 4 rings (SSSR count). The van der Waals surface area contributed by atoms with Crippen LogP contribution >= 0.6 is 0 Å². The second-order valence-corrected chi connectivity index (χ2v) is 9.36. The number of rotatable bonds is 4. The van der Waals surface area contributed by atoms with E-state index in [1.54, 1.807) is 4.52 Å². The van der Waals surface area contributed by atoms with Crippen molar-refractivity contribution in [3.63, 3.8) is 0 Å². The van der Waals surface area contributed by atoms with Gasteiger partial charge in [0.15, 0.2) is 15.5 Å². The van der Waals surface area contributed by atoms with Crippen molar-refractivity contribution in [3.8, 4) is 0 Å². The van der Waals surface area contributed by atoms with E-state index in [9.17, 15) is 13.2 Å². The molecule has 2 aliphatic rings. The molecule has 0 aliphatic carbocycles. The fourth-order valence-electron chi connectivity index (χ4n) is 3.95. The maximum absolute atomic E-state index is 12.5. The number of fused-ring (bicyclic) bond motifs is 1. The minimum Gasteiger partial charge on any atom is -0.350 e. The Hall–Kier alpha value is -2.00. The first-order valence-corrected chi connectivity index (χ1v) is 10.8. The zero-order valence-corrected chi connectivity index (χ0v) is 15.4. The van der Waals surface area contributed by atoms with E-state index in [0.29, 0.717) is 12.3 Å². The number of amides is 1. The predicted octanol–water partition coefficient (Wildman–Crippen LogP) is 0.245. The number of aromatic nitrogens is 3. The zero-order valence-electron chi connectivity index (χ0n) is 14.5. The van der Waals surface area contributed by atoms with Gasteiger partial charge in [0, 0.05) is 12.0 Å². The van der Waals surface area contributed by atoms with Crippen molar-refractivity contribution >= 4 is 21.4 Å². The first-order chi connectivity index (χ1) is 12.5. The number of carbonyl (C=O) groups excluding carboxylic acids is 1. The fraction of sp³-hybridized carbons (Fsp3) is 0.588. The molecule has 8 nitrogen and oxygen atoms in total. The van der Waals surface area contributed by atoms with Gasteiger partial charge in [-0.05, 0) is 44.5 Å². The normalized spacial score (nSPS) is 24.1. The second-order valence-electron chi connectivity index (χ2n) is 7.13. The summed E-state index contributed by atoms with van der Waals surface area (Å²) >= 11 is 0. The van der Waals surface area contributed by atoms with Crippen LogP contribution in [0.3, 0.4) is 0 Å². The van der Waals surface area contributed by atoms with Crippen molar-refractivity contribution in [3.05, 3.63) is 30.2 Å². The first kappa shape index (κ1) is 17.4. The van der Waals surface area contributed by atoms with Crippen LogP contribution in [-0.4, -0.2) is 64.5 Å². The van der Waals surface area contributed by atoms with E-state index in [4.69, 9.17) is 0 Å². The SMILES string of the molecule is O=C(NCc1cccc2ncnn12)C1CCN(C2CCS(=O)(=O)C2)CC1. The standard InChI is InChI=1S/C17H23N5O3S/c23-17(18-10-14-2-1-3-16-19-12-20-22(14)16)13-4-7-21(8-5-13)15-6-9-26(24,25)11-15/h1-3,12-13,15H,4-11H2,(H,18,23). The molecule has 0 bridgehead atoms. The van der Waals surface area contributed by atoms with Gasteiger partial charge in [0.2, 0.25) is 5.91 Å². The number of pyridine rings is 1. The second kappa shape index (κ2) is 6.96. The quantitative estimate of drug-likeness (QED) is 0.820. The molecule has 1 unspecified atom stereocenters. The summed E-state index contributed by atoms with van der Waals surface area (Å²) in [4.78, 5) is 18.9. The van der Waals surface area contributed by atoms with E-state index in [0.717, 1.165) is 43.7 Å². The van der Waals surface area contributed by atoms with Crippen LogP contribution in [0.4, 0.5) is 0 Å². The van der Waals surface area contributed by atoms with Gasteiger partial charge < -0.3 is 5.32 Å². The van der Waals surface area contributed by atoms with E-state index in [2.05, 4.69) is 20.3 Å². The Morgan fingerprint density at radius 2 is 2.04 bits per heavy atom. The Balaban J connectivity index is 1.29. The molecule has 2 aliphatic heterocycles. The van der Waals surface area contributed by atoms with Crippen LogP contribution in [-0.2, 0) is 21.2 Å². The lowest BCUT2D eigenvalue weighted by Crippen LogP contribution is -2.45. The number of hydrogen-bond donors (Lipinski definition) is 1. The van der Waals surface area contributed by atoms with Gasteiger partial charge in [0.25, 0.3) is 0 Å². The van der Waals surface area contributed by atoms with Crippen molar-refractivity contribution < 1.29 is 13.2 Å². The highest BCUT2D eigenvalue weighted by atomic mass is 32.2. The lowest BCUT2D eigenvalue weighted by Gasteiger charge is -2.34. The first-order valence-electron chi connectivity index (χ1n) is 9.02. The maximum atomic E-state index is 12.5. The van der Waals surface area contributed by atoms with Crippen LogP contribution < -0.4 is 5.32 Å². The highest BCUT2D eigenvalue weighted by Crippen LogP contribution is 2.24. The number of carbonyl (C=O) groups is 1. The maximum Gasteiger partial charge on any atom is 0.223 e. The van der Waals surface area contributed by atoms with E-state index < -0.39 is 9.84 Å². The van der Waals surface area contributed by atoms with E-state index in [1.807, 2.05) is 18.2 Å². The monoisotopic (exact) mass is 377 g/mol. The van der Waals surface area contributed by atoms with E-state index in [1.165, 1.54) is 6.33 Å². The van der Waals surface area contributed by atoms with Gasteiger partial charge in [-0.3, -0.25) is 9.69 Å². The summed E-state index contributed by atoms with van der Waals surface area (Å²) in [7, 11) is -2.86. The summed E-state index contributed by atoms with van der Waals surface area (Å²) < 4.78 is 25.0. The molecule has 2 aromatic heterocycles. The summed E-state index contributed by atoms with van der Waals surface area (Å²) in [5.74, 6) is 0.609. The van der Waals surface area contributed by atoms with Gasteiger partial charge in [-0.15, -0.1) is 0 Å². The van der Waals surface area contributed by atoms with E-state index >= 15 is 0 Å². The molecule has 0 aromatic carbocycles. The van der Waals surface area contributed by atoms with Crippen LogP contribution in [0.2, 0.25) is 0 Å². The van der Waals surface area contributed by atoms with Crippen LogP contribution in [0.25, 0.3) is 5.65 Å². The Bertz CT molecular complexity index is 902. The lowest BCUT2D eigenvalue weighted by atomic mass is 9.94. The Labute approximate surface area is 152 Å². The molecule has 9 heteroatoms. The van der Waals surface area contributed by atoms with Gasteiger partial charge in [0.05, 0.1) is 23.7 Å². The van der Waals surface area contributed by atoms with Crippen LogP contribution in [0.15, 0.2) is 24.5 Å². The minimum atomic E-state index is -2.86. The van der Waals surface area contributed by atoms with Crippen LogP contribution in [0, 0.1) is 5.92 Å². The number of nitrogens with one attached hydrogen (secondary N) is 1. The molecule has 4 heterocycles. The molecule has 2 fully saturated rings. The zero-order chi connectivity index (χ0) is 18.1. The molecule has 1 amide bonds. The van der Waals surface area contributed by atoms with Gasteiger partial charge in [-0.25, -0.2) is 17.9 Å². The molecule has 2 aromatic rings. The average Bonchev–Trinajstić information content (AvgIpc) is 3.26. The Morgan fingerprint density at radius 1 is 1.23 bits per heavy atom.